The molecule has 1 saturated carbocycles. The molecule has 31 heavy (non-hydrogen) atoms. The summed E-state index contributed by atoms with van der Waals surface area (Å²) in [5.74, 6) is 1.69. The maximum atomic E-state index is 5.93. The van der Waals surface area contributed by atoms with E-state index in [1.54, 1.807) is 0 Å². The minimum Gasteiger partial charge on any atom is -0.378 e. The topological polar surface area (TPSA) is 70.6 Å². The number of nitrogens with zero attached hydrogens (tertiary/aromatic N) is 2. The van der Waals surface area contributed by atoms with E-state index in [-0.39, 0.29) is 6.10 Å². The molecule has 166 valence electrons. The van der Waals surface area contributed by atoms with Gasteiger partial charge in [0.2, 0.25) is 0 Å². The maximum Gasteiger partial charge on any atom is 0.137 e. The molecule has 2 aliphatic rings. The second-order valence-electron chi connectivity index (χ2n) is 8.48. The van der Waals surface area contributed by atoms with Crippen LogP contribution in [0.5, 0.6) is 0 Å². The number of amidine groups is 1. The third kappa shape index (κ3) is 5.43. The Labute approximate surface area is 185 Å². The highest BCUT2D eigenvalue weighted by Gasteiger charge is 2.24. The molecule has 1 aliphatic carbocycles. The van der Waals surface area contributed by atoms with Gasteiger partial charge in [0.25, 0.3) is 0 Å². The van der Waals surface area contributed by atoms with Crippen molar-refractivity contribution in [3.05, 3.63) is 48.2 Å². The van der Waals surface area contributed by atoms with E-state index in [2.05, 4.69) is 40.0 Å². The van der Waals surface area contributed by atoms with Gasteiger partial charge in [0.1, 0.15) is 11.7 Å². The van der Waals surface area contributed by atoms with E-state index in [0.717, 1.165) is 34.5 Å². The maximum absolute atomic E-state index is 5.93. The smallest absolute Gasteiger partial charge is 0.137 e. The number of para-hydroxylation sites is 1. The lowest BCUT2D eigenvalue weighted by molar-refractivity contribution is 0.0699. The summed E-state index contributed by atoms with van der Waals surface area (Å²) in [6.45, 7) is 3.61. The van der Waals surface area contributed by atoms with E-state index in [1.807, 2.05) is 37.6 Å². The molecule has 1 fully saturated rings. The molecule has 0 spiro atoms. The summed E-state index contributed by atoms with van der Waals surface area (Å²) < 4.78 is 5.93. The predicted octanol–water partition coefficient (Wildman–Crippen LogP) is 4.23. The third-order valence-corrected chi connectivity index (χ3v) is 6.39. The molecular weight excluding hydrogens is 386 g/mol. The quantitative estimate of drug-likeness (QED) is 0.565. The van der Waals surface area contributed by atoms with Gasteiger partial charge in [-0.15, -0.1) is 0 Å². The Bertz CT molecular complexity index is 919. The van der Waals surface area contributed by atoms with Gasteiger partial charge in [0.15, 0.2) is 0 Å². The van der Waals surface area contributed by atoms with Gasteiger partial charge in [-0.1, -0.05) is 44.4 Å². The molecule has 2 aromatic rings. The zero-order chi connectivity index (χ0) is 21.5. The zero-order valence-corrected chi connectivity index (χ0v) is 18.7. The van der Waals surface area contributed by atoms with Crippen molar-refractivity contribution in [3.8, 4) is 0 Å². The molecule has 6 heteroatoms. The number of nitrogens with one attached hydrogen (secondary N) is 3. The van der Waals surface area contributed by atoms with Crippen LogP contribution in [0.1, 0.15) is 51.0 Å². The number of anilines is 1. The number of aliphatic imine (C=N–C) groups is 1. The molecule has 6 nitrogen and oxygen atoms in total. The molecule has 1 aliphatic heterocycles. The molecule has 4 rings (SSSR count). The predicted molar refractivity (Wildman–Crippen MR) is 129 cm³/mol. The summed E-state index contributed by atoms with van der Waals surface area (Å²) in [7, 11) is 1.81. The molecular formula is C25H35N5O. The van der Waals surface area contributed by atoms with Gasteiger partial charge in [0.05, 0.1) is 23.7 Å². The Morgan fingerprint density at radius 3 is 2.77 bits per heavy atom. The molecule has 2 unspecified atom stereocenters. The summed E-state index contributed by atoms with van der Waals surface area (Å²) in [6, 6.07) is 11.3. The van der Waals surface area contributed by atoms with Crippen LogP contribution in [0.2, 0.25) is 0 Å². The van der Waals surface area contributed by atoms with E-state index in [9.17, 15) is 0 Å². The summed E-state index contributed by atoms with van der Waals surface area (Å²) in [6.07, 6.45) is 11.6. The van der Waals surface area contributed by atoms with Crippen molar-refractivity contribution in [2.24, 2.45) is 4.99 Å². The normalized spacial score (nSPS) is 19.0. The van der Waals surface area contributed by atoms with Crippen LogP contribution in [0.15, 0.2) is 47.6 Å². The lowest BCUT2D eigenvalue weighted by Gasteiger charge is -2.32. The molecule has 0 radical (unpaired) electrons. The van der Waals surface area contributed by atoms with Crippen LogP contribution >= 0.6 is 0 Å². The monoisotopic (exact) mass is 421 g/mol. The summed E-state index contributed by atoms with van der Waals surface area (Å²) in [5.41, 5.74) is 1.97. The number of hydrogen-bond acceptors (Lipinski definition) is 6. The first-order valence-corrected chi connectivity index (χ1v) is 11.7. The highest BCUT2D eigenvalue weighted by molar-refractivity contribution is 6.06. The molecule has 0 amide bonds. The first-order valence-electron chi connectivity index (χ1n) is 11.7. The van der Waals surface area contributed by atoms with Crippen molar-refractivity contribution in [1.29, 1.82) is 0 Å². The zero-order valence-electron chi connectivity index (χ0n) is 18.7. The van der Waals surface area contributed by atoms with Gasteiger partial charge >= 0.3 is 0 Å². The molecule has 3 N–H and O–H groups in total. The van der Waals surface area contributed by atoms with Crippen LogP contribution in [0.4, 0.5) is 5.82 Å². The van der Waals surface area contributed by atoms with Crippen LogP contribution in [-0.4, -0.2) is 49.2 Å². The number of benzene rings is 1. The fourth-order valence-corrected chi connectivity index (χ4v) is 4.62. The third-order valence-electron chi connectivity index (χ3n) is 6.39. The number of methoxy groups -OCH3 is 1. The van der Waals surface area contributed by atoms with Crippen LogP contribution in [0, 0.1) is 0 Å². The van der Waals surface area contributed by atoms with Crippen LogP contribution in [0.3, 0.4) is 0 Å². The first-order chi connectivity index (χ1) is 15.3. The molecule has 0 saturated heterocycles. The molecule has 1 aromatic heterocycles. The molecule has 2 heterocycles. The minimum atomic E-state index is 0.0641. The highest BCUT2D eigenvalue weighted by atomic mass is 16.5. The molecule has 2 atom stereocenters. The minimum absolute atomic E-state index is 0.0641. The Hall–Kier alpha value is -2.44. The van der Waals surface area contributed by atoms with E-state index < -0.39 is 0 Å². The van der Waals surface area contributed by atoms with Gasteiger partial charge in [-0.3, -0.25) is 4.99 Å². The fourth-order valence-electron chi connectivity index (χ4n) is 4.62. The van der Waals surface area contributed by atoms with E-state index in [0.29, 0.717) is 25.2 Å². The molecule has 0 bridgehead atoms. The number of ether oxygens (including phenoxy) is 1. The second kappa shape index (κ2) is 10.7. The lowest BCUT2D eigenvalue weighted by atomic mass is 9.94. The van der Waals surface area contributed by atoms with Crippen molar-refractivity contribution >= 4 is 22.6 Å². The number of aromatic nitrogens is 1. The van der Waals surface area contributed by atoms with Crippen LogP contribution in [-0.2, 0) is 4.74 Å². The van der Waals surface area contributed by atoms with Gasteiger partial charge < -0.3 is 20.7 Å². The van der Waals surface area contributed by atoms with Crippen molar-refractivity contribution in [2.75, 3.05) is 25.5 Å². The van der Waals surface area contributed by atoms with E-state index in [1.165, 1.54) is 32.1 Å². The Morgan fingerprint density at radius 1 is 1.19 bits per heavy atom. The number of rotatable bonds is 9. The molecule has 1 aromatic carbocycles. The summed E-state index contributed by atoms with van der Waals surface area (Å²) in [4.78, 5) is 9.56. The van der Waals surface area contributed by atoms with Crippen molar-refractivity contribution in [3.63, 3.8) is 0 Å². The number of fused-ring (bicyclic) bond motifs is 1. The largest absolute Gasteiger partial charge is 0.378 e. The van der Waals surface area contributed by atoms with Gasteiger partial charge in [0, 0.05) is 37.3 Å². The highest BCUT2D eigenvalue weighted by Crippen LogP contribution is 2.23. The second-order valence-corrected chi connectivity index (χ2v) is 8.48. The van der Waals surface area contributed by atoms with Gasteiger partial charge in [-0.25, -0.2) is 4.98 Å². The average molecular weight is 422 g/mol. The number of pyridine rings is 1. The Balaban J connectivity index is 1.52. The Kier molecular flexibility index (Phi) is 7.54. The van der Waals surface area contributed by atoms with Crippen molar-refractivity contribution < 1.29 is 4.74 Å². The van der Waals surface area contributed by atoms with Crippen molar-refractivity contribution in [2.45, 2.75) is 63.6 Å². The van der Waals surface area contributed by atoms with Gasteiger partial charge in [-0.05, 0) is 37.5 Å². The summed E-state index contributed by atoms with van der Waals surface area (Å²) >= 11 is 0. The lowest BCUT2D eigenvalue weighted by Crippen LogP contribution is -2.49. The van der Waals surface area contributed by atoms with Crippen LogP contribution in [0.25, 0.3) is 10.9 Å². The van der Waals surface area contributed by atoms with Gasteiger partial charge in [-0.2, -0.15) is 0 Å². The first kappa shape index (κ1) is 21.8. The van der Waals surface area contributed by atoms with Crippen LogP contribution < -0.4 is 16.0 Å². The average Bonchev–Trinajstić information content (AvgIpc) is 2.84. The van der Waals surface area contributed by atoms with E-state index in [4.69, 9.17) is 9.72 Å². The fraction of sp³-hybridized carbons (Fsp3) is 0.520. The number of hydrogen-bond donors (Lipinski definition) is 3. The van der Waals surface area contributed by atoms with E-state index >= 15 is 0 Å². The SMILES string of the molecule is CCC(NC1CCCCC1)C(CNc1nc2ccccc2cc1C1=NCC=CN1)OC. The Morgan fingerprint density at radius 2 is 2.03 bits per heavy atom. The summed E-state index contributed by atoms with van der Waals surface area (Å²) in [5, 5.41) is 11.8. The van der Waals surface area contributed by atoms with Crippen molar-refractivity contribution in [1.82, 2.24) is 15.6 Å². The standard InChI is InChI=1S/C25H35N5O/c1-3-21(29-19-11-5-4-6-12-19)23(31-2)17-28-25-20(24-26-14-9-15-27-24)16-18-10-7-8-13-22(18)30-25/h7-10,13-14,16,19,21,23,29H,3-6,11-12,15,17H2,1-2H3,(H,26,27)(H,28,30).